The fourth-order valence-corrected chi connectivity index (χ4v) is 3.03. The Morgan fingerprint density at radius 2 is 2.12 bits per heavy atom. The van der Waals surface area contributed by atoms with Crippen LogP contribution in [0, 0.1) is 17.6 Å². The summed E-state index contributed by atoms with van der Waals surface area (Å²) in [5.41, 5.74) is 1.13. The highest BCUT2D eigenvalue weighted by atomic mass is 19.1. The standard InChI is InChI=1S/C19H19F2NO4/c1-3-25-19(24)16-8-13(12-5-4-11(20)7-15(12)21)14-6-10(2)17(9-23)26-18(14)22-16/h4-5,7-8,10,17,23H,3,6,9H2,1-2H3/t10-,17?/m1/s1. The van der Waals surface area contributed by atoms with Crippen LogP contribution < -0.4 is 4.74 Å². The quantitative estimate of drug-likeness (QED) is 0.846. The summed E-state index contributed by atoms with van der Waals surface area (Å²) in [5.74, 6) is -1.98. The molecule has 7 heteroatoms. The number of esters is 1. The van der Waals surface area contributed by atoms with Crippen molar-refractivity contribution >= 4 is 5.97 Å². The second-order valence-electron chi connectivity index (χ2n) is 6.20. The van der Waals surface area contributed by atoms with Gasteiger partial charge in [-0.1, -0.05) is 6.92 Å². The maximum atomic E-state index is 14.4. The van der Waals surface area contributed by atoms with Crippen molar-refractivity contribution in [2.75, 3.05) is 13.2 Å². The molecule has 0 amide bonds. The van der Waals surface area contributed by atoms with Gasteiger partial charge in [-0.2, -0.15) is 0 Å². The zero-order valence-electron chi connectivity index (χ0n) is 14.5. The second-order valence-corrected chi connectivity index (χ2v) is 6.20. The van der Waals surface area contributed by atoms with Crippen molar-refractivity contribution in [2.45, 2.75) is 26.4 Å². The number of halogens is 2. The summed E-state index contributed by atoms with van der Waals surface area (Å²) in [7, 11) is 0. The van der Waals surface area contributed by atoms with Crippen molar-refractivity contribution in [1.29, 1.82) is 0 Å². The molecule has 3 rings (SSSR count). The van der Waals surface area contributed by atoms with E-state index in [1.54, 1.807) is 6.92 Å². The monoisotopic (exact) mass is 363 g/mol. The van der Waals surface area contributed by atoms with E-state index in [0.717, 1.165) is 12.1 Å². The van der Waals surface area contributed by atoms with E-state index in [4.69, 9.17) is 9.47 Å². The molecule has 1 unspecified atom stereocenters. The molecule has 2 aromatic rings. The molecule has 0 spiro atoms. The summed E-state index contributed by atoms with van der Waals surface area (Å²) in [4.78, 5) is 16.3. The van der Waals surface area contributed by atoms with Gasteiger partial charge in [0, 0.05) is 17.2 Å². The first kappa shape index (κ1) is 18.3. The Hall–Kier alpha value is -2.54. The number of carbonyl (C=O) groups excluding carboxylic acids is 1. The number of carbonyl (C=O) groups is 1. The van der Waals surface area contributed by atoms with E-state index in [9.17, 15) is 18.7 Å². The predicted molar refractivity (Wildman–Crippen MR) is 89.9 cm³/mol. The number of aliphatic hydroxyl groups is 1. The first-order valence-corrected chi connectivity index (χ1v) is 8.38. The van der Waals surface area contributed by atoms with Crippen molar-refractivity contribution in [1.82, 2.24) is 4.98 Å². The summed E-state index contributed by atoms with van der Waals surface area (Å²) in [6.07, 6.45) is 0.00127. The zero-order chi connectivity index (χ0) is 18.8. The Morgan fingerprint density at radius 1 is 1.35 bits per heavy atom. The lowest BCUT2D eigenvalue weighted by Gasteiger charge is -2.31. The van der Waals surface area contributed by atoms with Gasteiger partial charge < -0.3 is 14.6 Å². The van der Waals surface area contributed by atoms with Crippen LogP contribution >= 0.6 is 0 Å². The molecule has 0 bridgehead atoms. The fraction of sp³-hybridized carbons (Fsp3) is 0.368. The highest BCUT2D eigenvalue weighted by Gasteiger charge is 2.31. The molecule has 26 heavy (non-hydrogen) atoms. The number of ether oxygens (including phenoxy) is 2. The zero-order valence-corrected chi connectivity index (χ0v) is 14.5. The first-order chi connectivity index (χ1) is 12.4. The van der Waals surface area contributed by atoms with Crippen molar-refractivity contribution in [3.63, 3.8) is 0 Å². The molecule has 5 nitrogen and oxygen atoms in total. The molecule has 0 saturated heterocycles. The second kappa shape index (κ2) is 7.37. The Kier molecular flexibility index (Phi) is 5.18. The van der Waals surface area contributed by atoms with Crippen LogP contribution in [-0.4, -0.2) is 35.4 Å². The molecular formula is C19H19F2NO4. The van der Waals surface area contributed by atoms with Gasteiger partial charge in [0.2, 0.25) is 5.88 Å². The lowest BCUT2D eigenvalue weighted by molar-refractivity contribution is 0.0491. The van der Waals surface area contributed by atoms with Gasteiger partial charge in [-0.05, 0) is 43.0 Å². The number of benzene rings is 1. The minimum atomic E-state index is -0.745. The number of aliphatic hydroxyl groups excluding tert-OH is 1. The Bertz CT molecular complexity index is 841. The average molecular weight is 363 g/mol. The normalized spacial score (nSPS) is 18.8. The molecule has 2 heterocycles. The Morgan fingerprint density at radius 3 is 2.77 bits per heavy atom. The van der Waals surface area contributed by atoms with Crippen molar-refractivity contribution in [2.24, 2.45) is 5.92 Å². The van der Waals surface area contributed by atoms with E-state index in [0.29, 0.717) is 17.5 Å². The summed E-state index contributed by atoms with van der Waals surface area (Å²) in [6, 6.07) is 4.69. The Balaban J connectivity index is 2.18. The minimum absolute atomic E-state index is 0.0319. The summed E-state index contributed by atoms with van der Waals surface area (Å²) in [5, 5.41) is 9.46. The molecule has 1 aliphatic heterocycles. The van der Waals surface area contributed by atoms with Gasteiger partial charge in [0.15, 0.2) is 5.69 Å². The molecule has 2 atom stereocenters. The number of aromatic nitrogens is 1. The van der Waals surface area contributed by atoms with E-state index in [1.807, 2.05) is 6.92 Å². The van der Waals surface area contributed by atoms with Gasteiger partial charge in [0.1, 0.15) is 17.7 Å². The fourth-order valence-electron chi connectivity index (χ4n) is 3.03. The molecule has 0 saturated carbocycles. The van der Waals surface area contributed by atoms with Crippen LogP contribution in [0.25, 0.3) is 11.1 Å². The third-order valence-electron chi connectivity index (χ3n) is 4.40. The third kappa shape index (κ3) is 3.39. The number of rotatable bonds is 4. The van der Waals surface area contributed by atoms with Gasteiger partial charge in [0.05, 0.1) is 13.2 Å². The molecule has 1 N–H and O–H groups in total. The highest BCUT2D eigenvalue weighted by molar-refractivity contribution is 5.90. The molecule has 1 aromatic carbocycles. The minimum Gasteiger partial charge on any atom is -0.471 e. The molecule has 0 aliphatic carbocycles. The lowest BCUT2D eigenvalue weighted by Crippen LogP contribution is -2.35. The SMILES string of the molecule is CCOC(=O)c1cc(-c2ccc(F)cc2F)c2c(n1)OC(CO)[C@H](C)C2. The summed E-state index contributed by atoms with van der Waals surface area (Å²) < 4.78 is 38.4. The van der Waals surface area contributed by atoms with E-state index < -0.39 is 23.7 Å². The van der Waals surface area contributed by atoms with E-state index >= 15 is 0 Å². The van der Waals surface area contributed by atoms with Gasteiger partial charge in [0.25, 0.3) is 0 Å². The van der Waals surface area contributed by atoms with Gasteiger partial charge in [-0.25, -0.2) is 18.6 Å². The maximum absolute atomic E-state index is 14.4. The van der Waals surface area contributed by atoms with Gasteiger partial charge >= 0.3 is 5.97 Å². The number of nitrogens with zero attached hydrogens (tertiary/aromatic N) is 1. The molecule has 0 radical (unpaired) electrons. The molecule has 0 fully saturated rings. The predicted octanol–water partition coefficient (Wildman–Crippen LogP) is 3.14. The smallest absolute Gasteiger partial charge is 0.357 e. The van der Waals surface area contributed by atoms with Crippen LogP contribution in [0.2, 0.25) is 0 Å². The molecule has 138 valence electrons. The van der Waals surface area contributed by atoms with Crippen LogP contribution in [0.15, 0.2) is 24.3 Å². The first-order valence-electron chi connectivity index (χ1n) is 8.38. The Labute approximate surface area is 149 Å². The van der Waals surface area contributed by atoms with Crippen molar-refractivity contribution in [3.05, 3.63) is 47.2 Å². The molecule has 1 aromatic heterocycles. The van der Waals surface area contributed by atoms with Gasteiger partial charge in [-0.15, -0.1) is 0 Å². The van der Waals surface area contributed by atoms with Crippen LogP contribution in [0.4, 0.5) is 8.78 Å². The van der Waals surface area contributed by atoms with E-state index in [1.165, 1.54) is 12.1 Å². The van der Waals surface area contributed by atoms with Gasteiger partial charge in [-0.3, -0.25) is 0 Å². The summed E-state index contributed by atoms with van der Waals surface area (Å²) >= 11 is 0. The number of hydrogen-bond acceptors (Lipinski definition) is 5. The number of pyridine rings is 1. The molecule has 1 aliphatic rings. The lowest BCUT2D eigenvalue weighted by atomic mass is 9.88. The van der Waals surface area contributed by atoms with Crippen molar-refractivity contribution in [3.8, 4) is 17.0 Å². The third-order valence-corrected chi connectivity index (χ3v) is 4.40. The van der Waals surface area contributed by atoms with Crippen LogP contribution in [0.3, 0.4) is 0 Å². The maximum Gasteiger partial charge on any atom is 0.357 e. The van der Waals surface area contributed by atoms with Crippen LogP contribution in [0.5, 0.6) is 5.88 Å². The van der Waals surface area contributed by atoms with E-state index in [2.05, 4.69) is 4.98 Å². The average Bonchev–Trinajstić information content (AvgIpc) is 2.61. The summed E-state index contributed by atoms with van der Waals surface area (Å²) in [6.45, 7) is 3.52. The van der Waals surface area contributed by atoms with E-state index in [-0.39, 0.29) is 36.3 Å². The highest BCUT2D eigenvalue weighted by Crippen LogP contribution is 2.38. The molecular weight excluding hydrogens is 344 g/mol. The van der Waals surface area contributed by atoms with Crippen molar-refractivity contribution < 1.29 is 28.2 Å². The van der Waals surface area contributed by atoms with Crippen LogP contribution in [0.1, 0.15) is 29.9 Å². The number of hydrogen-bond donors (Lipinski definition) is 1. The largest absolute Gasteiger partial charge is 0.471 e. The topological polar surface area (TPSA) is 68.7 Å². The van der Waals surface area contributed by atoms with Crippen LogP contribution in [-0.2, 0) is 11.2 Å². The number of fused-ring (bicyclic) bond motifs is 1.